The molecule has 0 radical (unpaired) electrons. The van der Waals surface area contributed by atoms with Gasteiger partial charge < -0.3 is 15.3 Å². The molecule has 1 rings (SSSR count). The molecule has 0 spiro atoms. The number of Topliss-reactive ketones (excluding diaryl/α,β-unsaturated/α-hetero) is 1. The number of ketones is 1. The van der Waals surface area contributed by atoms with E-state index in [1.165, 1.54) is 0 Å². The van der Waals surface area contributed by atoms with E-state index in [0.717, 1.165) is 0 Å². The topological polar surface area (TPSA) is 112 Å². The van der Waals surface area contributed by atoms with Gasteiger partial charge in [0.1, 0.15) is 5.78 Å². The van der Waals surface area contributed by atoms with Crippen molar-refractivity contribution in [3.05, 3.63) is 0 Å². The molecule has 1 aliphatic rings. The molecule has 0 heterocycles. The van der Waals surface area contributed by atoms with Crippen molar-refractivity contribution in [3.8, 4) is 0 Å². The minimum absolute atomic E-state index is 0.00650. The van der Waals surface area contributed by atoms with Crippen LogP contribution in [-0.2, 0) is 14.4 Å². The minimum Gasteiger partial charge on any atom is -0.481 e. The Labute approximate surface area is 79.2 Å². The van der Waals surface area contributed by atoms with Crippen molar-refractivity contribution in [3.63, 3.8) is 0 Å². The molecule has 0 aromatic carbocycles. The van der Waals surface area contributed by atoms with Crippen LogP contribution in [0, 0.1) is 5.92 Å². The van der Waals surface area contributed by atoms with Crippen LogP contribution < -0.4 is 0 Å². The van der Waals surface area contributed by atoms with E-state index in [1.807, 2.05) is 0 Å². The summed E-state index contributed by atoms with van der Waals surface area (Å²) in [4.78, 5) is 32.3. The number of carbonyl (C=O) groups excluding carboxylic acids is 1. The molecular formula is C8H10O6. The third-order valence-electron chi connectivity index (χ3n) is 2.42. The molecule has 6 nitrogen and oxygen atoms in total. The molecule has 0 bridgehead atoms. The molecule has 1 saturated carbocycles. The van der Waals surface area contributed by atoms with Gasteiger partial charge in [-0.2, -0.15) is 0 Å². The molecule has 6 heteroatoms. The average Bonchev–Trinajstić information content (AvgIpc) is 2.02. The van der Waals surface area contributed by atoms with Crippen LogP contribution in [0.5, 0.6) is 0 Å². The third-order valence-corrected chi connectivity index (χ3v) is 2.42. The van der Waals surface area contributed by atoms with Gasteiger partial charge in [0.15, 0.2) is 5.60 Å². The van der Waals surface area contributed by atoms with Crippen LogP contribution in [-0.4, -0.2) is 38.6 Å². The molecule has 2 atom stereocenters. The molecule has 0 aromatic heterocycles. The van der Waals surface area contributed by atoms with Crippen LogP contribution in [0.15, 0.2) is 0 Å². The Hall–Kier alpha value is -1.43. The lowest BCUT2D eigenvalue weighted by Gasteiger charge is -2.32. The predicted molar refractivity (Wildman–Crippen MR) is 42.6 cm³/mol. The average molecular weight is 202 g/mol. The molecule has 0 saturated heterocycles. The van der Waals surface area contributed by atoms with Gasteiger partial charge in [-0.1, -0.05) is 0 Å². The number of aliphatic carboxylic acids is 2. The molecule has 0 aromatic rings. The van der Waals surface area contributed by atoms with Gasteiger partial charge in [0.2, 0.25) is 0 Å². The van der Waals surface area contributed by atoms with Crippen molar-refractivity contribution in [2.24, 2.45) is 5.92 Å². The van der Waals surface area contributed by atoms with Crippen molar-refractivity contribution in [1.29, 1.82) is 0 Å². The lowest BCUT2D eigenvalue weighted by Crippen LogP contribution is -2.53. The number of hydrogen-bond acceptors (Lipinski definition) is 4. The predicted octanol–water partition coefficient (Wildman–Crippen LogP) is -0.744. The van der Waals surface area contributed by atoms with E-state index < -0.39 is 35.7 Å². The monoisotopic (exact) mass is 202 g/mol. The highest BCUT2D eigenvalue weighted by molar-refractivity contribution is 5.94. The number of rotatable bonds is 2. The van der Waals surface area contributed by atoms with E-state index in [1.54, 1.807) is 0 Å². The summed E-state index contributed by atoms with van der Waals surface area (Å²) in [6.07, 6.45) is -0.747. The molecule has 0 aliphatic heterocycles. The van der Waals surface area contributed by atoms with Crippen LogP contribution in [0.2, 0.25) is 0 Å². The molecule has 1 aliphatic carbocycles. The molecule has 0 amide bonds. The largest absolute Gasteiger partial charge is 0.481 e. The van der Waals surface area contributed by atoms with E-state index in [-0.39, 0.29) is 12.8 Å². The van der Waals surface area contributed by atoms with Crippen LogP contribution in [0.3, 0.4) is 0 Å². The molecule has 1 fully saturated rings. The van der Waals surface area contributed by atoms with Crippen LogP contribution in [0.25, 0.3) is 0 Å². The SMILES string of the molecule is O=C1CCC(C(=O)O)C(O)(C(=O)O)C1. The molecule has 3 N–H and O–H groups in total. The summed E-state index contributed by atoms with van der Waals surface area (Å²) in [6, 6.07) is 0. The van der Waals surface area contributed by atoms with E-state index in [9.17, 15) is 19.5 Å². The Bertz CT molecular complexity index is 296. The van der Waals surface area contributed by atoms with Crippen molar-refractivity contribution in [1.82, 2.24) is 0 Å². The standard InChI is InChI=1S/C8H10O6/c9-4-1-2-5(6(10)11)8(14,3-4)7(12)13/h5,14H,1-3H2,(H,10,11)(H,12,13). The summed E-state index contributed by atoms with van der Waals surface area (Å²) < 4.78 is 0. The highest BCUT2D eigenvalue weighted by atomic mass is 16.4. The Morgan fingerprint density at radius 1 is 1.36 bits per heavy atom. The number of carboxylic acid groups (broad SMARTS) is 2. The van der Waals surface area contributed by atoms with Gasteiger partial charge >= 0.3 is 11.9 Å². The molecular weight excluding hydrogens is 192 g/mol. The summed E-state index contributed by atoms with van der Waals surface area (Å²) in [5.41, 5.74) is -2.44. The van der Waals surface area contributed by atoms with E-state index in [4.69, 9.17) is 10.2 Å². The van der Waals surface area contributed by atoms with E-state index in [2.05, 4.69) is 0 Å². The summed E-state index contributed by atoms with van der Waals surface area (Å²) in [5, 5.41) is 26.9. The Kier molecular flexibility index (Phi) is 2.57. The van der Waals surface area contributed by atoms with Crippen LogP contribution >= 0.6 is 0 Å². The first-order valence-electron chi connectivity index (χ1n) is 4.08. The lowest BCUT2D eigenvalue weighted by molar-refractivity contribution is -0.180. The highest BCUT2D eigenvalue weighted by Gasteiger charge is 2.52. The smallest absolute Gasteiger partial charge is 0.337 e. The first kappa shape index (κ1) is 10.6. The van der Waals surface area contributed by atoms with Gasteiger partial charge in [-0.15, -0.1) is 0 Å². The Morgan fingerprint density at radius 3 is 2.36 bits per heavy atom. The maximum absolute atomic E-state index is 10.9. The lowest BCUT2D eigenvalue weighted by atomic mass is 9.75. The van der Waals surface area contributed by atoms with E-state index in [0.29, 0.717) is 0 Å². The molecule has 2 unspecified atom stereocenters. The quantitative estimate of drug-likeness (QED) is 0.543. The fourth-order valence-corrected chi connectivity index (χ4v) is 1.61. The van der Waals surface area contributed by atoms with E-state index >= 15 is 0 Å². The van der Waals surface area contributed by atoms with Gasteiger partial charge in [-0.05, 0) is 6.42 Å². The minimum atomic E-state index is -2.44. The number of carbonyl (C=O) groups is 3. The highest BCUT2D eigenvalue weighted by Crippen LogP contribution is 2.32. The van der Waals surface area contributed by atoms with Gasteiger partial charge in [0.05, 0.1) is 5.92 Å². The zero-order valence-electron chi connectivity index (χ0n) is 7.27. The molecule has 14 heavy (non-hydrogen) atoms. The Morgan fingerprint density at radius 2 is 1.93 bits per heavy atom. The summed E-state index contributed by atoms with van der Waals surface area (Å²) in [5.74, 6) is -4.87. The maximum atomic E-state index is 10.9. The van der Waals surface area contributed by atoms with Crippen molar-refractivity contribution in [2.45, 2.75) is 24.9 Å². The zero-order chi connectivity index (χ0) is 10.9. The molecule has 78 valence electrons. The second-order valence-electron chi connectivity index (χ2n) is 3.37. The fourth-order valence-electron chi connectivity index (χ4n) is 1.61. The number of aliphatic hydroxyl groups is 1. The van der Waals surface area contributed by atoms with Gasteiger partial charge in [-0.3, -0.25) is 9.59 Å². The Balaban J connectivity index is 3.00. The fraction of sp³-hybridized carbons (Fsp3) is 0.625. The number of hydrogen-bond donors (Lipinski definition) is 3. The summed E-state index contributed by atoms with van der Waals surface area (Å²) in [6.45, 7) is 0. The normalized spacial score (nSPS) is 32.6. The zero-order valence-corrected chi connectivity index (χ0v) is 7.27. The van der Waals surface area contributed by atoms with Crippen molar-refractivity contribution in [2.75, 3.05) is 0 Å². The van der Waals surface area contributed by atoms with Gasteiger partial charge in [0.25, 0.3) is 0 Å². The van der Waals surface area contributed by atoms with Crippen molar-refractivity contribution >= 4 is 17.7 Å². The van der Waals surface area contributed by atoms with Crippen LogP contribution in [0.4, 0.5) is 0 Å². The summed E-state index contributed by atoms with van der Waals surface area (Å²) >= 11 is 0. The second kappa shape index (κ2) is 3.38. The van der Waals surface area contributed by atoms with Crippen molar-refractivity contribution < 1.29 is 29.7 Å². The second-order valence-corrected chi connectivity index (χ2v) is 3.37. The van der Waals surface area contributed by atoms with Crippen LogP contribution in [0.1, 0.15) is 19.3 Å². The third kappa shape index (κ3) is 1.60. The van der Waals surface area contributed by atoms with Gasteiger partial charge in [-0.25, -0.2) is 4.79 Å². The first-order valence-corrected chi connectivity index (χ1v) is 4.08. The van der Waals surface area contributed by atoms with Gasteiger partial charge in [0, 0.05) is 12.8 Å². The summed E-state index contributed by atoms with van der Waals surface area (Å²) in [7, 11) is 0. The maximum Gasteiger partial charge on any atom is 0.337 e. The number of carboxylic acids is 2. The first-order chi connectivity index (χ1) is 6.38.